The maximum Gasteiger partial charge on any atom is 0.271 e. The molecule has 5 rings (SSSR count). The molecule has 1 aliphatic rings. The summed E-state index contributed by atoms with van der Waals surface area (Å²) in [6, 6.07) is 23.0. The van der Waals surface area contributed by atoms with E-state index in [-0.39, 0.29) is 22.0 Å². The molecule has 0 saturated heterocycles. The summed E-state index contributed by atoms with van der Waals surface area (Å²) in [7, 11) is -3.82. The molecule has 1 aliphatic carbocycles. The molecule has 2 N–H and O–H groups in total. The molecule has 0 bridgehead atoms. The van der Waals surface area contributed by atoms with Crippen molar-refractivity contribution in [3.63, 3.8) is 0 Å². The molecule has 0 aliphatic heterocycles. The minimum Gasteiger partial charge on any atom is -0.494 e. The first-order valence-corrected chi connectivity index (χ1v) is 12.7. The topological polar surface area (TPSA) is 114 Å². The zero-order chi connectivity index (χ0) is 25.3. The Morgan fingerprint density at radius 1 is 0.889 bits per heavy atom. The standard InChI is InChI=1S/C27H21N3O5S/c1-2-35-20-13-15-21(16-14-20)36(33,34)30-19-11-9-18(10-12-19)27(32)29-28-25-22-7-3-5-17-6-4-8-23(24(17)22)26(25)31/h3-16,30H,2H2,1H3,(H,29,32). The van der Waals surface area contributed by atoms with Gasteiger partial charge in [-0.15, -0.1) is 0 Å². The number of carbonyl (C=O) groups excluding carboxylic acids is 2. The summed E-state index contributed by atoms with van der Waals surface area (Å²) in [5, 5.41) is 5.86. The minimum atomic E-state index is -3.82. The molecule has 4 aromatic rings. The van der Waals surface area contributed by atoms with Crippen LogP contribution < -0.4 is 14.9 Å². The Labute approximate surface area is 207 Å². The number of hydrogen-bond acceptors (Lipinski definition) is 6. The van der Waals surface area contributed by atoms with E-state index in [1.54, 1.807) is 24.3 Å². The van der Waals surface area contributed by atoms with Crippen LogP contribution in [0.1, 0.15) is 33.2 Å². The maximum absolute atomic E-state index is 12.8. The SMILES string of the molecule is CCOc1ccc(S(=O)(=O)Nc2ccc(C(=O)NN=C3C(=O)c4cccc5cccc3c45)cc2)cc1. The number of hydrazone groups is 1. The number of benzene rings is 4. The first kappa shape index (κ1) is 23.3. The first-order valence-electron chi connectivity index (χ1n) is 11.2. The maximum atomic E-state index is 12.8. The Bertz CT molecular complexity index is 1620. The fourth-order valence-electron chi connectivity index (χ4n) is 4.05. The Kier molecular flexibility index (Phi) is 5.99. The van der Waals surface area contributed by atoms with Crippen LogP contribution >= 0.6 is 0 Å². The van der Waals surface area contributed by atoms with Gasteiger partial charge in [0, 0.05) is 27.8 Å². The fourth-order valence-corrected chi connectivity index (χ4v) is 5.10. The second kappa shape index (κ2) is 9.27. The van der Waals surface area contributed by atoms with E-state index in [1.165, 1.54) is 36.4 Å². The van der Waals surface area contributed by atoms with Gasteiger partial charge in [-0.1, -0.05) is 36.4 Å². The summed E-state index contributed by atoms with van der Waals surface area (Å²) < 4.78 is 33.1. The van der Waals surface area contributed by atoms with E-state index in [0.29, 0.717) is 29.2 Å². The minimum absolute atomic E-state index is 0.0841. The molecule has 1 amide bonds. The summed E-state index contributed by atoms with van der Waals surface area (Å²) in [6.07, 6.45) is 0. The quantitative estimate of drug-likeness (QED) is 0.367. The van der Waals surface area contributed by atoms with Crippen molar-refractivity contribution in [1.82, 2.24) is 5.43 Å². The predicted octanol–water partition coefficient (Wildman–Crippen LogP) is 4.37. The molecule has 36 heavy (non-hydrogen) atoms. The Balaban J connectivity index is 1.29. The normalized spacial score (nSPS) is 13.7. The molecule has 0 fully saturated rings. The van der Waals surface area contributed by atoms with Crippen LogP contribution in [0.4, 0.5) is 5.69 Å². The molecule has 0 unspecified atom stereocenters. The summed E-state index contributed by atoms with van der Waals surface area (Å²) in [5.41, 5.74) is 4.39. The van der Waals surface area contributed by atoms with Gasteiger partial charge in [0.25, 0.3) is 15.9 Å². The van der Waals surface area contributed by atoms with Gasteiger partial charge in [0.1, 0.15) is 11.5 Å². The average Bonchev–Trinajstić information content (AvgIpc) is 3.16. The highest BCUT2D eigenvalue weighted by Crippen LogP contribution is 2.30. The molecule has 8 nitrogen and oxygen atoms in total. The molecule has 0 saturated carbocycles. The first-order chi connectivity index (χ1) is 17.4. The monoisotopic (exact) mass is 499 g/mol. The van der Waals surface area contributed by atoms with E-state index in [2.05, 4.69) is 15.2 Å². The van der Waals surface area contributed by atoms with Crippen molar-refractivity contribution < 1.29 is 22.7 Å². The molecule has 9 heteroatoms. The van der Waals surface area contributed by atoms with Crippen molar-refractivity contribution in [2.24, 2.45) is 5.10 Å². The van der Waals surface area contributed by atoms with Gasteiger partial charge >= 0.3 is 0 Å². The van der Waals surface area contributed by atoms with Crippen LogP contribution in [0.25, 0.3) is 10.8 Å². The number of amides is 1. The molecule has 0 atom stereocenters. The van der Waals surface area contributed by atoms with Crippen LogP contribution in [-0.2, 0) is 10.0 Å². The molecule has 0 spiro atoms. The molecular weight excluding hydrogens is 478 g/mol. The average molecular weight is 500 g/mol. The number of Topliss-reactive ketones (excluding diaryl/α,β-unsaturated/α-hetero) is 1. The van der Waals surface area contributed by atoms with Crippen molar-refractivity contribution in [3.05, 3.63) is 102 Å². The summed E-state index contributed by atoms with van der Waals surface area (Å²) in [6.45, 7) is 2.33. The van der Waals surface area contributed by atoms with Crippen LogP contribution in [0.15, 0.2) is 94.9 Å². The highest BCUT2D eigenvalue weighted by molar-refractivity contribution is 7.92. The van der Waals surface area contributed by atoms with Gasteiger partial charge in [-0.05, 0) is 60.8 Å². The predicted molar refractivity (Wildman–Crippen MR) is 137 cm³/mol. The summed E-state index contributed by atoms with van der Waals surface area (Å²) >= 11 is 0. The van der Waals surface area contributed by atoms with E-state index in [0.717, 1.165) is 10.8 Å². The lowest BCUT2D eigenvalue weighted by atomic mass is 10.1. The number of carbonyl (C=O) groups is 2. The molecular formula is C27H21N3O5S. The molecule has 0 heterocycles. The lowest BCUT2D eigenvalue weighted by Gasteiger charge is -2.10. The van der Waals surface area contributed by atoms with Gasteiger partial charge in [0.2, 0.25) is 5.78 Å². The number of nitrogens with one attached hydrogen (secondary N) is 2. The van der Waals surface area contributed by atoms with E-state index in [4.69, 9.17) is 4.74 Å². The van der Waals surface area contributed by atoms with Crippen LogP contribution in [0.2, 0.25) is 0 Å². The lowest BCUT2D eigenvalue weighted by molar-refractivity contribution is 0.0955. The van der Waals surface area contributed by atoms with Gasteiger partial charge in [-0.2, -0.15) is 5.10 Å². The number of anilines is 1. The lowest BCUT2D eigenvalue weighted by Crippen LogP contribution is -2.22. The van der Waals surface area contributed by atoms with Gasteiger partial charge in [0.15, 0.2) is 0 Å². The fraction of sp³-hybridized carbons (Fsp3) is 0.0741. The highest BCUT2D eigenvalue weighted by Gasteiger charge is 2.29. The van der Waals surface area contributed by atoms with Gasteiger partial charge in [-0.25, -0.2) is 13.8 Å². The highest BCUT2D eigenvalue weighted by atomic mass is 32.2. The number of nitrogens with zero attached hydrogens (tertiary/aromatic N) is 1. The number of sulfonamides is 1. The molecule has 0 aromatic heterocycles. The Morgan fingerprint density at radius 3 is 2.22 bits per heavy atom. The zero-order valence-corrected chi connectivity index (χ0v) is 20.0. The van der Waals surface area contributed by atoms with Crippen molar-refractivity contribution in [3.8, 4) is 5.75 Å². The van der Waals surface area contributed by atoms with Crippen LogP contribution in [0.5, 0.6) is 5.75 Å². The summed E-state index contributed by atoms with van der Waals surface area (Å²) in [5.74, 6) is -0.198. The van der Waals surface area contributed by atoms with E-state index < -0.39 is 15.9 Å². The molecule has 0 radical (unpaired) electrons. The molecule has 4 aromatic carbocycles. The number of ether oxygens (including phenoxy) is 1. The van der Waals surface area contributed by atoms with Crippen molar-refractivity contribution in [1.29, 1.82) is 0 Å². The second-order valence-corrected chi connectivity index (χ2v) is 9.71. The van der Waals surface area contributed by atoms with Crippen LogP contribution in [-0.4, -0.2) is 32.4 Å². The van der Waals surface area contributed by atoms with Crippen molar-refractivity contribution >= 4 is 43.9 Å². The second-order valence-electron chi connectivity index (χ2n) is 8.03. The van der Waals surface area contributed by atoms with Crippen molar-refractivity contribution in [2.45, 2.75) is 11.8 Å². The van der Waals surface area contributed by atoms with E-state index in [9.17, 15) is 18.0 Å². The Hall–Kier alpha value is -4.50. The number of rotatable bonds is 7. The zero-order valence-electron chi connectivity index (χ0n) is 19.2. The molecule has 180 valence electrons. The Morgan fingerprint density at radius 2 is 1.56 bits per heavy atom. The third-order valence-electron chi connectivity index (χ3n) is 5.73. The van der Waals surface area contributed by atoms with Gasteiger partial charge < -0.3 is 4.74 Å². The van der Waals surface area contributed by atoms with Gasteiger partial charge in [-0.3, -0.25) is 14.3 Å². The summed E-state index contributed by atoms with van der Waals surface area (Å²) in [4.78, 5) is 25.5. The third kappa shape index (κ3) is 4.32. The number of ketones is 1. The van der Waals surface area contributed by atoms with Crippen LogP contribution in [0.3, 0.4) is 0 Å². The van der Waals surface area contributed by atoms with Crippen LogP contribution in [0, 0.1) is 0 Å². The van der Waals surface area contributed by atoms with E-state index >= 15 is 0 Å². The third-order valence-corrected chi connectivity index (χ3v) is 7.13. The van der Waals surface area contributed by atoms with Gasteiger partial charge in [0.05, 0.1) is 11.5 Å². The smallest absolute Gasteiger partial charge is 0.271 e. The largest absolute Gasteiger partial charge is 0.494 e. The van der Waals surface area contributed by atoms with Crippen molar-refractivity contribution in [2.75, 3.05) is 11.3 Å². The van der Waals surface area contributed by atoms with E-state index in [1.807, 2.05) is 31.2 Å². The number of hydrogen-bond donors (Lipinski definition) is 2.